The van der Waals surface area contributed by atoms with Crippen LogP contribution in [0.2, 0.25) is 10.0 Å². The standard InChI is InChI=1S/C14H18Cl2N2O3/c1-8(2)12(14(20)21-3)17-7-11(19)18-13-9(15)5-4-6-10(13)16/h4-6,8,12,17H,7H2,1-3H3,(H,18,19). The molecule has 0 aliphatic carbocycles. The highest BCUT2D eigenvalue weighted by Gasteiger charge is 2.23. The van der Waals surface area contributed by atoms with E-state index in [-0.39, 0.29) is 18.4 Å². The number of anilines is 1. The van der Waals surface area contributed by atoms with Gasteiger partial charge in [0.25, 0.3) is 0 Å². The summed E-state index contributed by atoms with van der Waals surface area (Å²) in [6.07, 6.45) is 0. The first kappa shape index (κ1) is 17.8. The lowest BCUT2D eigenvalue weighted by Gasteiger charge is -2.19. The minimum atomic E-state index is -0.553. The number of ether oxygens (including phenoxy) is 1. The number of benzene rings is 1. The van der Waals surface area contributed by atoms with Crippen LogP contribution in [0.3, 0.4) is 0 Å². The molecule has 0 aliphatic rings. The fourth-order valence-corrected chi connectivity index (χ4v) is 2.21. The summed E-state index contributed by atoms with van der Waals surface area (Å²) >= 11 is 11.9. The van der Waals surface area contributed by atoms with Crippen LogP contribution >= 0.6 is 23.2 Å². The molecular formula is C14H18Cl2N2O3. The SMILES string of the molecule is COC(=O)C(NCC(=O)Nc1c(Cl)cccc1Cl)C(C)C. The number of rotatable bonds is 6. The van der Waals surface area contributed by atoms with E-state index >= 15 is 0 Å². The van der Waals surface area contributed by atoms with Crippen molar-refractivity contribution in [1.29, 1.82) is 0 Å². The molecule has 0 saturated heterocycles. The van der Waals surface area contributed by atoms with Gasteiger partial charge in [-0.2, -0.15) is 0 Å². The largest absolute Gasteiger partial charge is 0.468 e. The topological polar surface area (TPSA) is 67.4 Å². The molecule has 1 rings (SSSR count). The van der Waals surface area contributed by atoms with Crippen LogP contribution in [0.1, 0.15) is 13.8 Å². The summed E-state index contributed by atoms with van der Waals surface area (Å²) in [4.78, 5) is 23.5. The predicted molar refractivity (Wildman–Crippen MR) is 83.7 cm³/mol. The Kier molecular flexibility index (Phi) is 6.95. The summed E-state index contributed by atoms with van der Waals surface area (Å²) in [5.41, 5.74) is 0.354. The van der Waals surface area contributed by atoms with Crippen LogP contribution in [0.4, 0.5) is 5.69 Å². The summed E-state index contributed by atoms with van der Waals surface area (Å²) in [6, 6.07) is 4.39. The Morgan fingerprint density at radius 3 is 2.29 bits per heavy atom. The van der Waals surface area contributed by atoms with Crippen molar-refractivity contribution >= 4 is 40.8 Å². The number of hydrogen-bond donors (Lipinski definition) is 2. The van der Waals surface area contributed by atoms with Gasteiger partial charge in [0.2, 0.25) is 5.91 Å². The van der Waals surface area contributed by atoms with E-state index in [1.54, 1.807) is 18.2 Å². The third-order valence-electron chi connectivity index (χ3n) is 2.83. The second kappa shape index (κ2) is 8.22. The van der Waals surface area contributed by atoms with Crippen LogP contribution in [-0.4, -0.2) is 31.6 Å². The van der Waals surface area contributed by atoms with E-state index in [4.69, 9.17) is 23.2 Å². The number of carbonyl (C=O) groups excluding carboxylic acids is 2. The quantitative estimate of drug-likeness (QED) is 0.786. The fraction of sp³-hybridized carbons (Fsp3) is 0.429. The Morgan fingerprint density at radius 1 is 1.24 bits per heavy atom. The van der Waals surface area contributed by atoms with Gasteiger partial charge in [-0.3, -0.25) is 14.9 Å². The van der Waals surface area contributed by atoms with Crippen LogP contribution in [0.25, 0.3) is 0 Å². The van der Waals surface area contributed by atoms with Crippen LogP contribution in [0.15, 0.2) is 18.2 Å². The van der Waals surface area contributed by atoms with Gasteiger partial charge in [0.05, 0.1) is 29.4 Å². The third-order valence-corrected chi connectivity index (χ3v) is 3.46. The van der Waals surface area contributed by atoms with Gasteiger partial charge in [-0.1, -0.05) is 43.1 Å². The Hall–Kier alpha value is -1.30. The molecule has 0 radical (unpaired) electrons. The van der Waals surface area contributed by atoms with Gasteiger partial charge in [0.1, 0.15) is 6.04 Å². The maximum absolute atomic E-state index is 11.9. The number of carbonyl (C=O) groups is 2. The maximum atomic E-state index is 11.9. The highest BCUT2D eigenvalue weighted by molar-refractivity contribution is 6.39. The molecule has 1 unspecified atom stereocenters. The number of hydrogen-bond acceptors (Lipinski definition) is 4. The summed E-state index contributed by atoms with van der Waals surface area (Å²) < 4.78 is 4.69. The normalized spacial score (nSPS) is 12.1. The second-order valence-electron chi connectivity index (χ2n) is 4.77. The number of methoxy groups -OCH3 is 1. The van der Waals surface area contributed by atoms with Crippen molar-refractivity contribution in [2.75, 3.05) is 19.0 Å². The molecule has 0 fully saturated rings. The lowest BCUT2D eigenvalue weighted by Crippen LogP contribution is -2.45. The van der Waals surface area contributed by atoms with Crippen molar-refractivity contribution in [2.45, 2.75) is 19.9 Å². The number of nitrogens with one attached hydrogen (secondary N) is 2. The molecule has 0 aliphatic heterocycles. The molecule has 1 aromatic carbocycles. The minimum Gasteiger partial charge on any atom is -0.468 e. The molecule has 0 aromatic heterocycles. The van der Waals surface area contributed by atoms with Gasteiger partial charge >= 0.3 is 5.97 Å². The first-order valence-electron chi connectivity index (χ1n) is 6.42. The van der Waals surface area contributed by atoms with E-state index in [0.717, 1.165) is 0 Å². The predicted octanol–water partition coefficient (Wildman–Crippen LogP) is 2.72. The average molecular weight is 333 g/mol. The van der Waals surface area contributed by atoms with Crippen molar-refractivity contribution in [1.82, 2.24) is 5.32 Å². The molecule has 1 aromatic rings. The molecule has 0 saturated carbocycles. The van der Waals surface area contributed by atoms with Crippen LogP contribution in [-0.2, 0) is 14.3 Å². The molecule has 1 amide bonds. The summed E-state index contributed by atoms with van der Waals surface area (Å²) in [5, 5.41) is 6.17. The van der Waals surface area contributed by atoms with Gasteiger partial charge in [0.15, 0.2) is 0 Å². The van der Waals surface area contributed by atoms with Crippen LogP contribution in [0.5, 0.6) is 0 Å². The number of para-hydroxylation sites is 1. The molecule has 5 nitrogen and oxygen atoms in total. The zero-order chi connectivity index (χ0) is 16.0. The van der Waals surface area contributed by atoms with E-state index in [0.29, 0.717) is 15.7 Å². The molecule has 7 heteroatoms. The zero-order valence-corrected chi connectivity index (χ0v) is 13.6. The third kappa shape index (κ3) is 5.19. The smallest absolute Gasteiger partial charge is 0.323 e. The Balaban J connectivity index is 2.63. The average Bonchev–Trinajstić information content (AvgIpc) is 2.42. The van der Waals surface area contributed by atoms with Gasteiger partial charge in [0, 0.05) is 0 Å². The summed E-state index contributed by atoms with van der Waals surface area (Å²) in [6.45, 7) is 3.66. The molecule has 21 heavy (non-hydrogen) atoms. The van der Waals surface area contributed by atoms with Crippen molar-refractivity contribution < 1.29 is 14.3 Å². The van der Waals surface area contributed by atoms with Gasteiger partial charge in [-0.25, -0.2) is 0 Å². The fourth-order valence-electron chi connectivity index (χ4n) is 1.72. The van der Waals surface area contributed by atoms with E-state index in [2.05, 4.69) is 15.4 Å². The van der Waals surface area contributed by atoms with E-state index in [1.165, 1.54) is 7.11 Å². The Morgan fingerprint density at radius 2 is 1.81 bits per heavy atom. The van der Waals surface area contributed by atoms with Crippen molar-refractivity contribution in [2.24, 2.45) is 5.92 Å². The first-order valence-corrected chi connectivity index (χ1v) is 7.17. The number of halogens is 2. The van der Waals surface area contributed by atoms with E-state index < -0.39 is 12.0 Å². The van der Waals surface area contributed by atoms with Crippen molar-refractivity contribution in [3.8, 4) is 0 Å². The Bertz CT molecular complexity index is 501. The van der Waals surface area contributed by atoms with E-state index in [1.807, 2.05) is 13.8 Å². The van der Waals surface area contributed by atoms with Gasteiger partial charge in [-0.05, 0) is 18.1 Å². The molecule has 116 valence electrons. The Labute approximate surface area is 133 Å². The highest BCUT2D eigenvalue weighted by Crippen LogP contribution is 2.29. The van der Waals surface area contributed by atoms with Gasteiger partial charge in [-0.15, -0.1) is 0 Å². The molecule has 0 heterocycles. The molecule has 0 bridgehead atoms. The van der Waals surface area contributed by atoms with E-state index in [9.17, 15) is 9.59 Å². The molecule has 1 atom stereocenters. The second-order valence-corrected chi connectivity index (χ2v) is 5.58. The summed E-state index contributed by atoms with van der Waals surface area (Å²) in [5.74, 6) is -0.762. The number of amides is 1. The van der Waals surface area contributed by atoms with Gasteiger partial charge < -0.3 is 10.1 Å². The molecular weight excluding hydrogens is 315 g/mol. The van der Waals surface area contributed by atoms with Crippen molar-refractivity contribution in [3.05, 3.63) is 28.2 Å². The zero-order valence-electron chi connectivity index (χ0n) is 12.1. The molecule has 2 N–H and O–H groups in total. The number of esters is 1. The first-order chi connectivity index (χ1) is 9.86. The lowest BCUT2D eigenvalue weighted by atomic mass is 10.0. The minimum absolute atomic E-state index is 0.00542. The monoisotopic (exact) mass is 332 g/mol. The summed E-state index contributed by atoms with van der Waals surface area (Å²) in [7, 11) is 1.31. The van der Waals surface area contributed by atoms with Crippen molar-refractivity contribution in [3.63, 3.8) is 0 Å². The van der Waals surface area contributed by atoms with Crippen LogP contribution < -0.4 is 10.6 Å². The highest BCUT2D eigenvalue weighted by atomic mass is 35.5. The lowest BCUT2D eigenvalue weighted by molar-refractivity contribution is -0.144. The maximum Gasteiger partial charge on any atom is 0.323 e. The molecule has 0 spiro atoms. The van der Waals surface area contributed by atoms with Crippen LogP contribution in [0, 0.1) is 5.92 Å².